The van der Waals surface area contributed by atoms with Gasteiger partial charge in [-0.15, -0.1) is 0 Å². The van der Waals surface area contributed by atoms with E-state index in [0.29, 0.717) is 0 Å². The van der Waals surface area contributed by atoms with Gasteiger partial charge in [-0.05, 0) is 6.92 Å². The van der Waals surface area contributed by atoms with Crippen molar-refractivity contribution in [1.29, 1.82) is 0 Å². The molecule has 0 spiro atoms. The molecule has 0 bridgehead atoms. The fourth-order valence-corrected chi connectivity index (χ4v) is 5.20. The third-order valence-corrected chi connectivity index (χ3v) is 8.95. The van der Waals surface area contributed by atoms with Crippen LogP contribution in [0, 0.1) is 181 Å². The summed E-state index contributed by atoms with van der Waals surface area (Å²) in [7, 11) is 0. The highest BCUT2D eigenvalue weighted by Crippen LogP contribution is 2.38. The predicted molar refractivity (Wildman–Crippen MR) is 198 cm³/mol. The molecule has 0 saturated carbocycles. The molecule has 7 aromatic rings. The van der Waals surface area contributed by atoms with Crippen LogP contribution in [0.25, 0.3) is 0 Å². The van der Waals surface area contributed by atoms with Gasteiger partial charge in [0.05, 0.1) is 0 Å². The SMILES string of the molecule is Cc1ccccc1.Fc1c(F)c(F)c(Nc2c(F)c(F)c(F)c(F)c2F)c(F)c1F.Fc1c(F)c(F)c(Nc2c(F)c(F)c(F)c(F)c2F)c(F)c1F.Fc1c(F)c(F)c(Nc2c(F)c(F)c(F)c(F)c2F)c(F)c1F. The third kappa shape index (κ3) is 11.4. The maximum Gasteiger partial charge on any atom is 0.200 e. The van der Waals surface area contributed by atoms with Crippen molar-refractivity contribution >= 4 is 34.1 Å². The summed E-state index contributed by atoms with van der Waals surface area (Å²) in [5.41, 5.74) is -10.6. The maximum absolute atomic E-state index is 13.3. The highest BCUT2D eigenvalue weighted by atomic mass is 19.2. The Morgan fingerprint density at radius 2 is 0.276 bits per heavy atom. The van der Waals surface area contributed by atoms with Gasteiger partial charge >= 0.3 is 0 Å². The molecule has 0 aliphatic rings. The van der Waals surface area contributed by atoms with Crippen molar-refractivity contribution in [2.24, 2.45) is 0 Å². The van der Waals surface area contributed by atoms with E-state index in [9.17, 15) is 132 Å². The Bertz CT molecular complexity index is 2720. The van der Waals surface area contributed by atoms with Crippen molar-refractivity contribution in [3.63, 3.8) is 0 Å². The van der Waals surface area contributed by atoms with Crippen LogP contribution >= 0.6 is 0 Å². The summed E-state index contributed by atoms with van der Waals surface area (Å²) in [6, 6.07) is 10.3. The van der Waals surface area contributed by atoms with E-state index in [1.165, 1.54) is 5.56 Å². The molecular formula is C43H11F30N3. The second-order valence-electron chi connectivity index (χ2n) is 13.7. The molecule has 0 aliphatic heterocycles. The second-order valence-corrected chi connectivity index (χ2v) is 13.7. The number of anilines is 6. The van der Waals surface area contributed by atoms with Gasteiger partial charge in [-0.1, -0.05) is 35.9 Å². The highest BCUT2D eigenvalue weighted by molar-refractivity contribution is 5.65. The first kappa shape index (κ1) is 60.4. The van der Waals surface area contributed by atoms with Gasteiger partial charge in [-0.2, -0.15) is 0 Å². The molecule has 0 radical (unpaired) electrons. The summed E-state index contributed by atoms with van der Waals surface area (Å²) >= 11 is 0. The average Bonchev–Trinajstić information content (AvgIpc) is 3.40. The average molecular weight is 1140 g/mol. The number of hydrogen-bond donors (Lipinski definition) is 3. The lowest BCUT2D eigenvalue weighted by atomic mass is 10.2. The van der Waals surface area contributed by atoms with Gasteiger partial charge in [0.1, 0.15) is 34.1 Å². The molecule has 3 N–H and O–H groups in total. The van der Waals surface area contributed by atoms with Gasteiger partial charge in [0.2, 0.25) is 34.9 Å². The quantitative estimate of drug-likeness (QED) is 0.0882. The molecule has 0 aliphatic carbocycles. The molecule has 3 nitrogen and oxygen atoms in total. The molecule has 0 fully saturated rings. The van der Waals surface area contributed by atoms with Crippen molar-refractivity contribution in [3.8, 4) is 0 Å². The summed E-state index contributed by atoms with van der Waals surface area (Å²) in [6.45, 7) is 2.08. The summed E-state index contributed by atoms with van der Waals surface area (Å²) in [4.78, 5) is 0. The Balaban J connectivity index is 0.000000231. The minimum atomic E-state index is -2.57. The van der Waals surface area contributed by atoms with Gasteiger partial charge in [0.15, 0.2) is 140 Å². The van der Waals surface area contributed by atoms with Crippen LogP contribution in [0.1, 0.15) is 5.56 Å². The fraction of sp³-hybridized carbons (Fsp3) is 0.0233. The van der Waals surface area contributed by atoms with E-state index in [2.05, 4.69) is 19.1 Å². The number of halogens is 30. The van der Waals surface area contributed by atoms with Crippen LogP contribution < -0.4 is 16.0 Å². The Labute approximate surface area is 399 Å². The molecule has 0 saturated heterocycles. The monoisotopic (exact) mass is 1140 g/mol. The lowest BCUT2D eigenvalue weighted by Crippen LogP contribution is -2.11. The fourth-order valence-electron chi connectivity index (χ4n) is 5.20. The normalized spacial score (nSPS) is 10.8. The van der Waals surface area contributed by atoms with Crippen LogP contribution in [0.3, 0.4) is 0 Å². The third-order valence-electron chi connectivity index (χ3n) is 8.95. The van der Waals surface area contributed by atoms with Crippen LogP contribution in [0.5, 0.6) is 0 Å². The topological polar surface area (TPSA) is 36.1 Å². The Morgan fingerprint density at radius 3 is 0.368 bits per heavy atom. The van der Waals surface area contributed by atoms with Gasteiger partial charge in [0.25, 0.3) is 0 Å². The summed E-state index contributed by atoms with van der Waals surface area (Å²) in [5.74, 6) is -75.7. The van der Waals surface area contributed by atoms with Crippen molar-refractivity contribution in [2.75, 3.05) is 16.0 Å². The molecular weight excluding hydrogens is 1130 g/mol. The zero-order valence-corrected chi connectivity index (χ0v) is 35.2. The lowest BCUT2D eigenvalue weighted by molar-refractivity contribution is 0.378. The number of hydrogen-bond acceptors (Lipinski definition) is 3. The molecule has 7 aromatic carbocycles. The molecule has 0 aromatic heterocycles. The first-order chi connectivity index (χ1) is 35.2. The van der Waals surface area contributed by atoms with E-state index in [0.717, 1.165) is 16.0 Å². The molecule has 7 rings (SSSR count). The van der Waals surface area contributed by atoms with Crippen LogP contribution in [0.4, 0.5) is 166 Å². The molecule has 0 atom stereocenters. The summed E-state index contributed by atoms with van der Waals surface area (Å²) < 4.78 is 392. The molecule has 76 heavy (non-hydrogen) atoms. The van der Waals surface area contributed by atoms with Crippen molar-refractivity contribution in [2.45, 2.75) is 6.92 Å². The number of benzene rings is 7. The zero-order chi connectivity index (χ0) is 58.0. The van der Waals surface area contributed by atoms with Crippen LogP contribution in [0.15, 0.2) is 30.3 Å². The van der Waals surface area contributed by atoms with E-state index in [1.807, 2.05) is 18.2 Å². The van der Waals surface area contributed by atoms with E-state index in [4.69, 9.17) is 0 Å². The highest BCUT2D eigenvalue weighted by Gasteiger charge is 2.34. The number of rotatable bonds is 6. The van der Waals surface area contributed by atoms with Crippen LogP contribution in [0.2, 0.25) is 0 Å². The summed E-state index contributed by atoms with van der Waals surface area (Å²) in [6.07, 6.45) is 0. The first-order valence-electron chi connectivity index (χ1n) is 18.6. The second kappa shape index (κ2) is 23.6. The lowest BCUT2D eigenvalue weighted by Gasteiger charge is -2.13. The van der Waals surface area contributed by atoms with Crippen molar-refractivity contribution in [3.05, 3.63) is 210 Å². The minimum Gasteiger partial charge on any atom is -0.346 e. The Hall–Kier alpha value is -8.16. The Kier molecular flexibility index (Phi) is 18.7. The molecule has 408 valence electrons. The molecule has 0 unspecified atom stereocenters. The largest absolute Gasteiger partial charge is 0.346 e. The number of nitrogens with one attached hydrogen (secondary N) is 3. The zero-order valence-electron chi connectivity index (χ0n) is 35.2. The molecule has 0 heterocycles. The first-order valence-corrected chi connectivity index (χ1v) is 18.6. The van der Waals surface area contributed by atoms with E-state index in [-0.39, 0.29) is 0 Å². The minimum absolute atomic E-state index is 1.00. The summed E-state index contributed by atoms with van der Waals surface area (Å²) in [5, 5.41) is 3.00. The van der Waals surface area contributed by atoms with Gasteiger partial charge < -0.3 is 16.0 Å². The van der Waals surface area contributed by atoms with E-state index >= 15 is 0 Å². The molecule has 33 heteroatoms. The van der Waals surface area contributed by atoms with Crippen LogP contribution in [-0.4, -0.2) is 0 Å². The molecule has 0 amide bonds. The smallest absolute Gasteiger partial charge is 0.200 e. The van der Waals surface area contributed by atoms with E-state index < -0.39 is 209 Å². The Morgan fingerprint density at radius 1 is 0.171 bits per heavy atom. The standard InChI is InChI=1S/3C12HF10N.C7H8/c3*13-1-3(15)7(19)11(8(20)4(1)16)23-12-9(21)5(17)2(14)6(18)10(12)22;1-7-5-3-2-4-6-7/h3*23H;2-6H,1H3. The van der Waals surface area contributed by atoms with Gasteiger partial charge in [0, 0.05) is 0 Å². The van der Waals surface area contributed by atoms with Gasteiger partial charge in [-0.3, -0.25) is 0 Å². The van der Waals surface area contributed by atoms with Crippen molar-refractivity contribution < 1.29 is 132 Å². The predicted octanol–water partition coefficient (Wildman–Crippen LogP) is 16.5. The van der Waals surface area contributed by atoms with Crippen molar-refractivity contribution in [1.82, 2.24) is 0 Å². The maximum atomic E-state index is 13.3. The number of aryl methyl sites for hydroxylation is 1. The van der Waals surface area contributed by atoms with Gasteiger partial charge in [-0.25, -0.2) is 132 Å². The van der Waals surface area contributed by atoms with Crippen LogP contribution in [-0.2, 0) is 0 Å². The van der Waals surface area contributed by atoms with E-state index in [1.54, 1.807) is 0 Å².